The third kappa shape index (κ3) is 4.13. The third-order valence-electron chi connectivity index (χ3n) is 4.08. The van der Waals surface area contributed by atoms with Gasteiger partial charge in [-0.1, -0.05) is 29.8 Å². The molecule has 6 nitrogen and oxygen atoms in total. The molecule has 1 atom stereocenters. The summed E-state index contributed by atoms with van der Waals surface area (Å²) in [5.41, 5.74) is 2.98. The Morgan fingerprint density at radius 3 is 2.21 bits per heavy atom. The first kappa shape index (κ1) is 19.8. The second kappa shape index (κ2) is 7.95. The first-order valence-corrected chi connectivity index (χ1v) is 10.2. The Balaban J connectivity index is 1.93. The molecule has 0 saturated heterocycles. The summed E-state index contributed by atoms with van der Waals surface area (Å²) in [7, 11) is -1.62. The van der Waals surface area contributed by atoms with Crippen molar-refractivity contribution in [3.8, 4) is 10.4 Å². The molecule has 0 aliphatic carbocycles. The fraction of sp³-hybridized carbons (Fsp3) is 0.100. The maximum Gasteiger partial charge on any atom is 0.348 e. The summed E-state index contributed by atoms with van der Waals surface area (Å²) >= 11 is 1.03. The van der Waals surface area contributed by atoms with Crippen LogP contribution in [0.1, 0.15) is 31.2 Å². The Labute approximate surface area is 168 Å². The van der Waals surface area contributed by atoms with Crippen LogP contribution >= 0.6 is 11.3 Å². The molecule has 0 saturated carbocycles. The molecular weight excluding hydrogens is 398 g/mol. The Morgan fingerprint density at radius 2 is 1.64 bits per heavy atom. The summed E-state index contributed by atoms with van der Waals surface area (Å²) in [6.45, 7) is 3.79. The van der Waals surface area contributed by atoms with Gasteiger partial charge in [0.2, 0.25) is 0 Å². The van der Waals surface area contributed by atoms with Crippen molar-refractivity contribution in [3.63, 3.8) is 0 Å². The number of benzene rings is 2. The highest BCUT2D eigenvalue weighted by molar-refractivity contribution is 7.86. The molecule has 8 heteroatoms. The van der Waals surface area contributed by atoms with Gasteiger partial charge in [0.15, 0.2) is 11.0 Å². The topological polar surface area (TPSA) is 104 Å². The van der Waals surface area contributed by atoms with E-state index in [1.807, 2.05) is 26.0 Å². The molecule has 0 fully saturated rings. The number of thiophene rings is 1. The summed E-state index contributed by atoms with van der Waals surface area (Å²) in [6.07, 6.45) is 0. The molecule has 144 valence electrons. The number of hydrogen-bond acceptors (Lipinski definition) is 4. The minimum atomic E-state index is -1.62. The fourth-order valence-electron chi connectivity index (χ4n) is 2.71. The van der Waals surface area contributed by atoms with E-state index in [1.165, 1.54) is 12.1 Å². The molecular formula is C20H17NO5S2. The predicted octanol–water partition coefficient (Wildman–Crippen LogP) is 4.56. The fourth-order valence-corrected chi connectivity index (χ4v) is 4.74. The normalized spacial score (nSPS) is 11.8. The van der Waals surface area contributed by atoms with Crippen molar-refractivity contribution >= 4 is 39.9 Å². The Hall–Kier alpha value is -2.97. The number of carbonyl (C=O) groups is 2. The Kier molecular flexibility index (Phi) is 5.62. The molecule has 2 aromatic carbocycles. The smallest absolute Gasteiger partial charge is 0.348 e. The standard InChI is InChI=1S/C20H17NO5S2/c1-11-3-8-17(12(2)9-11)28(26)21-15-10-16(27-18(15)20(24)25)13-4-6-14(7-5-13)19(22)23/h3-10,21H,1-2H3,(H,22,23)(H,24,25). The van der Waals surface area contributed by atoms with E-state index in [2.05, 4.69) is 4.72 Å². The molecule has 0 aliphatic heterocycles. The number of nitrogens with one attached hydrogen (secondary N) is 1. The number of aromatic carboxylic acids is 2. The SMILES string of the molecule is Cc1ccc(S(=O)Nc2cc(-c3ccc(C(=O)O)cc3)sc2C(=O)O)c(C)c1. The monoisotopic (exact) mass is 415 g/mol. The Bertz CT molecular complexity index is 1090. The van der Waals surface area contributed by atoms with Crippen molar-refractivity contribution in [3.05, 3.63) is 70.1 Å². The maximum absolute atomic E-state index is 12.7. The van der Waals surface area contributed by atoms with Crippen molar-refractivity contribution in [1.29, 1.82) is 0 Å². The number of carboxylic acids is 2. The zero-order valence-corrected chi connectivity index (χ0v) is 16.7. The predicted molar refractivity (Wildman–Crippen MR) is 110 cm³/mol. The van der Waals surface area contributed by atoms with Gasteiger partial charge in [-0.15, -0.1) is 11.3 Å². The molecule has 1 aromatic heterocycles. The average molecular weight is 415 g/mol. The van der Waals surface area contributed by atoms with Gasteiger partial charge in [-0.05, 0) is 49.2 Å². The van der Waals surface area contributed by atoms with Crippen LogP contribution in [0.15, 0.2) is 53.4 Å². The van der Waals surface area contributed by atoms with Gasteiger partial charge >= 0.3 is 11.9 Å². The van der Waals surface area contributed by atoms with Gasteiger partial charge in [-0.3, -0.25) is 4.72 Å². The van der Waals surface area contributed by atoms with Crippen molar-refractivity contribution in [2.24, 2.45) is 0 Å². The van der Waals surface area contributed by atoms with Crippen LogP contribution < -0.4 is 4.72 Å². The molecule has 0 aliphatic rings. The van der Waals surface area contributed by atoms with Crippen molar-refractivity contribution in [2.45, 2.75) is 18.7 Å². The van der Waals surface area contributed by atoms with E-state index >= 15 is 0 Å². The molecule has 3 rings (SSSR count). The van der Waals surface area contributed by atoms with Gasteiger partial charge in [-0.2, -0.15) is 0 Å². The van der Waals surface area contributed by atoms with E-state index in [0.29, 0.717) is 15.3 Å². The summed E-state index contributed by atoms with van der Waals surface area (Å²) in [6, 6.07) is 13.3. The second-order valence-corrected chi connectivity index (χ2v) is 8.41. The summed E-state index contributed by atoms with van der Waals surface area (Å²) in [5, 5.41) is 18.5. The highest BCUT2D eigenvalue weighted by Gasteiger charge is 2.19. The van der Waals surface area contributed by atoms with Crippen molar-refractivity contribution < 1.29 is 24.0 Å². The quantitative estimate of drug-likeness (QED) is 0.547. The van der Waals surface area contributed by atoms with Gasteiger partial charge < -0.3 is 10.2 Å². The molecule has 3 aromatic rings. The minimum absolute atomic E-state index is 0.0374. The highest BCUT2D eigenvalue weighted by atomic mass is 32.2. The molecule has 3 N–H and O–H groups in total. The van der Waals surface area contributed by atoms with Gasteiger partial charge in [-0.25, -0.2) is 13.8 Å². The van der Waals surface area contributed by atoms with Crippen molar-refractivity contribution in [2.75, 3.05) is 4.72 Å². The average Bonchev–Trinajstić information content (AvgIpc) is 3.05. The van der Waals surface area contributed by atoms with Crippen LogP contribution in [0, 0.1) is 13.8 Å². The maximum atomic E-state index is 12.7. The number of rotatable bonds is 6. The van der Waals surface area contributed by atoms with Crippen LogP contribution in [0.3, 0.4) is 0 Å². The molecule has 0 radical (unpaired) electrons. The minimum Gasteiger partial charge on any atom is -0.478 e. The number of anilines is 1. The zero-order valence-electron chi connectivity index (χ0n) is 15.1. The largest absolute Gasteiger partial charge is 0.478 e. The van der Waals surface area contributed by atoms with Crippen LogP contribution in [0.2, 0.25) is 0 Å². The molecule has 28 heavy (non-hydrogen) atoms. The zero-order chi connectivity index (χ0) is 20.4. The number of carboxylic acid groups (broad SMARTS) is 2. The van der Waals surface area contributed by atoms with Crippen LogP contribution in [0.25, 0.3) is 10.4 Å². The highest BCUT2D eigenvalue weighted by Crippen LogP contribution is 2.36. The van der Waals surface area contributed by atoms with E-state index in [9.17, 15) is 18.9 Å². The molecule has 1 heterocycles. The van der Waals surface area contributed by atoms with E-state index < -0.39 is 22.9 Å². The number of aryl methyl sites for hydroxylation is 2. The summed E-state index contributed by atoms with van der Waals surface area (Å²) in [4.78, 5) is 23.9. The number of hydrogen-bond donors (Lipinski definition) is 3. The van der Waals surface area contributed by atoms with Crippen LogP contribution in [-0.2, 0) is 11.0 Å². The van der Waals surface area contributed by atoms with Gasteiger partial charge in [0.25, 0.3) is 0 Å². The Morgan fingerprint density at radius 1 is 0.964 bits per heavy atom. The lowest BCUT2D eigenvalue weighted by atomic mass is 10.1. The van der Waals surface area contributed by atoms with Crippen LogP contribution in [0.4, 0.5) is 5.69 Å². The first-order valence-electron chi connectivity index (χ1n) is 8.23. The second-order valence-electron chi connectivity index (χ2n) is 6.18. The van der Waals surface area contributed by atoms with Crippen LogP contribution in [-0.4, -0.2) is 26.4 Å². The van der Waals surface area contributed by atoms with E-state index in [1.54, 1.807) is 24.3 Å². The van der Waals surface area contributed by atoms with E-state index in [0.717, 1.165) is 22.5 Å². The molecule has 0 spiro atoms. The lowest BCUT2D eigenvalue weighted by molar-refractivity contribution is 0.0688. The third-order valence-corrected chi connectivity index (χ3v) is 6.51. The van der Waals surface area contributed by atoms with Gasteiger partial charge in [0.1, 0.15) is 4.88 Å². The summed E-state index contributed by atoms with van der Waals surface area (Å²) < 4.78 is 15.5. The molecule has 0 amide bonds. The summed E-state index contributed by atoms with van der Waals surface area (Å²) in [5.74, 6) is -2.16. The van der Waals surface area contributed by atoms with Crippen LogP contribution in [0.5, 0.6) is 0 Å². The van der Waals surface area contributed by atoms with Crippen molar-refractivity contribution in [1.82, 2.24) is 0 Å². The van der Waals surface area contributed by atoms with Gasteiger partial charge in [0, 0.05) is 4.88 Å². The van der Waals surface area contributed by atoms with E-state index in [-0.39, 0.29) is 16.1 Å². The lowest BCUT2D eigenvalue weighted by Gasteiger charge is -2.08. The first-order chi connectivity index (χ1) is 13.3. The van der Waals surface area contributed by atoms with Gasteiger partial charge in [0.05, 0.1) is 16.1 Å². The molecule has 0 bridgehead atoms. The lowest BCUT2D eigenvalue weighted by Crippen LogP contribution is -2.08. The van der Waals surface area contributed by atoms with E-state index in [4.69, 9.17) is 5.11 Å². The molecule has 1 unspecified atom stereocenters.